The van der Waals surface area contributed by atoms with Crippen LogP contribution in [-0.2, 0) is 15.6 Å². The Balaban J connectivity index is 2.23. The molecule has 2 rings (SSSR count). The number of hydrogen-bond donors (Lipinski definition) is 1. The second-order valence-electron chi connectivity index (χ2n) is 5.18. The van der Waals surface area contributed by atoms with Crippen molar-refractivity contribution in [1.29, 1.82) is 0 Å². The summed E-state index contributed by atoms with van der Waals surface area (Å²) in [7, 11) is -3.30. The predicted molar refractivity (Wildman–Crippen MR) is 86.5 cm³/mol. The highest BCUT2D eigenvalue weighted by Gasteiger charge is 2.30. The highest BCUT2D eigenvalue weighted by Crippen LogP contribution is 2.25. The van der Waals surface area contributed by atoms with Crippen LogP contribution in [0.3, 0.4) is 0 Å². The van der Waals surface area contributed by atoms with Gasteiger partial charge in [-0.3, -0.25) is 0 Å². The second kappa shape index (κ2) is 6.87. The van der Waals surface area contributed by atoms with Crippen LogP contribution in [0.4, 0.5) is 0 Å². The fourth-order valence-electron chi connectivity index (χ4n) is 2.53. The van der Waals surface area contributed by atoms with Gasteiger partial charge in [-0.15, -0.1) is 0 Å². The minimum absolute atomic E-state index is 0.0346. The van der Waals surface area contributed by atoms with Gasteiger partial charge in [0.1, 0.15) is 0 Å². The summed E-state index contributed by atoms with van der Waals surface area (Å²) >= 11 is 0. The van der Waals surface area contributed by atoms with E-state index in [1.54, 1.807) is 0 Å². The van der Waals surface area contributed by atoms with Gasteiger partial charge in [0.05, 0.1) is 11.0 Å². The molecule has 0 amide bonds. The van der Waals surface area contributed by atoms with Crippen LogP contribution in [0.25, 0.3) is 0 Å². The Morgan fingerprint density at radius 1 is 0.952 bits per heavy atom. The van der Waals surface area contributed by atoms with Gasteiger partial charge in [0.25, 0.3) is 0 Å². The zero-order valence-corrected chi connectivity index (χ0v) is 13.0. The summed E-state index contributed by atoms with van der Waals surface area (Å²) < 4.78 is 25.3. The summed E-state index contributed by atoms with van der Waals surface area (Å²) in [6.45, 7) is 1.87. The van der Waals surface area contributed by atoms with E-state index in [4.69, 9.17) is 5.73 Å². The molecular formula is C17H21NO2S. The lowest BCUT2D eigenvalue weighted by Crippen LogP contribution is -2.34. The summed E-state index contributed by atoms with van der Waals surface area (Å²) in [6.07, 6.45) is 0.505. The molecule has 0 radical (unpaired) electrons. The Labute approximate surface area is 126 Å². The lowest BCUT2D eigenvalue weighted by molar-refractivity contribution is 0.547. The van der Waals surface area contributed by atoms with Gasteiger partial charge in [0, 0.05) is 6.04 Å². The van der Waals surface area contributed by atoms with Gasteiger partial charge in [-0.2, -0.15) is 0 Å². The lowest BCUT2D eigenvalue weighted by atomic mass is 10.0. The van der Waals surface area contributed by atoms with E-state index in [9.17, 15) is 8.42 Å². The fraction of sp³-hybridized carbons (Fsp3) is 0.294. The summed E-state index contributed by atoms with van der Waals surface area (Å²) in [4.78, 5) is 0. The van der Waals surface area contributed by atoms with Crippen LogP contribution in [-0.4, -0.2) is 13.7 Å². The average molecular weight is 303 g/mol. The Kier molecular flexibility index (Phi) is 5.15. The van der Waals surface area contributed by atoms with Gasteiger partial charge in [-0.05, 0) is 17.5 Å². The Hall–Kier alpha value is -1.65. The molecule has 0 spiro atoms. The first kappa shape index (κ1) is 15.7. The van der Waals surface area contributed by atoms with Gasteiger partial charge in [0.2, 0.25) is 0 Å². The second-order valence-corrected chi connectivity index (χ2v) is 7.40. The monoisotopic (exact) mass is 303 g/mol. The lowest BCUT2D eigenvalue weighted by Gasteiger charge is -2.23. The number of sulfone groups is 1. The molecule has 112 valence electrons. The molecule has 2 aromatic rings. The molecule has 4 heteroatoms. The first-order valence-corrected chi connectivity index (χ1v) is 8.82. The highest BCUT2D eigenvalue weighted by molar-refractivity contribution is 7.91. The molecule has 0 saturated carbocycles. The van der Waals surface area contributed by atoms with Crippen molar-refractivity contribution in [1.82, 2.24) is 0 Å². The van der Waals surface area contributed by atoms with Crippen molar-refractivity contribution in [3.05, 3.63) is 71.8 Å². The summed E-state index contributed by atoms with van der Waals surface area (Å²) in [5, 5.41) is -0.569. The van der Waals surface area contributed by atoms with Crippen LogP contribution in [0.2, 0.25) is 0 Å². The zero-order chi connectivity index (χ0) is 15.3. The van der Waals surface area contributed by atoms with Crippen LogP contribution in [0.1, 0.15) is 30.5 Å². The predicted octanol–water partition coefficient (Wildman–Crippen LogP) is 3.08. The normalized spacial score (nSPS) is 14.6. The summed E-state index contributed by atoms with van der Waals surface area (Å²) in [5.74, 6) is 0.0346. The fourth-order valence-corrected chi connectivity index (χ4v) is 4.52. The van der Waals surface area contributed by atoms with E-state index in [-0.39, 0.29) is 5.75 Å². The van der Waals surface area contributed by atoms with E-state index in [0.717, 1.165) is 11.1 Å². The van der Waals surface area contributed by atoms with Crippen molar-refractivity contribution in [2.24, 2.45) is 5.73 Å². The SMILES string of the molecule is CCC(C(N)c1ccccc1)S(=O)(=O)Cc1ccccc1. The third-order valence-corrected chi connectivity index (χ3v) is 5.94. The smallest absolute Gasteiger partial charge is 0.159 e. The molecule has 2 aromatic carbocycles. The largest absolute Gasteiger partial charge is 0.323 e. The molecule has 0 aliphatic carbocycles. The molecule has 0 bridgehead atoms. The Morgan fingerprint density at radius 3 is 2.00 bits per heavy atom. The molecular weight excluding hydrogens is 282 g/mol. The van der Waals surface area contributed by atoms with Crippen LogP contribution >= 0.6 is 0 Å². The van der Waals surface area contributed by atoms with Crippen LogP contribution in [0.5, 0.6) is 0 Å². The van der Waals surface area contributed by atoms with Crippen molar-refractivity contribution >= 4 is 9.84 Å². The van der Waals surface area contributed by atoms with E-state index >= 15 is 0 Å². The quantitative estimate of drug-likeness (QED) is 0.892. The van der Waals surface area contributed by atoms with E-state index in [0.29, 0.717) is 6.42 Å². The maximum absolute atomic E-state index is 12.7. The average Bonchev–Trinajstić information content (AvgIpc) is 2.49. The third-order valence-electron chi connectivity index (χ3n) is 3.66. The molecule has 0 fully saturated rings. The van der Waals surface area contributed by atoms with E-state index in [2.05, 4.69) is 0 Å². The van der Waals surface area contributed by atoms with Crippen molar-refractivity contribution in [3.63, 3.8) is 0 Å². The number of nitrogens with two attached hydrogens (primary N) is 1. The first-order valence-electron chi connectivity index (χ1n) is 7.10. The molecule has 0 aliphatic heterocycles. The van der Waals surface area contributed by atoms with Crippen LogP contribution < -0.4 is 5.73 Å². The molecule has 0 saturated heterocycles. The highest BCUT2D eigenvalue weighted by atomic mass is 32.2. The van der Waals surface area contributed by atoms with Crippen molar-refractivity contribution in [2.75, 3.05) is 0 Å². The maximum atomic E-state index is 12.7. The molecule has 0 aromatic heterocycles. The van der Waals surface area contributed by atoms with Crippen molar-refractivity contribution in [3.8, 4) is 0 Å². The molecule has 3 nitrogen and oxygen atoms in total. The molecule has 21 heavy (non-hydrogen) atoms. The Bertz CT molecular complexity index is 654. The molecule has 0 aliphatic rings. The number of rotatable bonds is 6. The van der Waals surface area contributed by atoms with Crippen LogP contribution in [0.15, 0.2) is 60.7 Å². The van der Waals surface area contributed by atoms with E-state index < -0.39 is 21.1 Å². The van der Waals surface area contributed by atoms with Gasteiger partial charge < -0.3 is 5.73 Å². The van der Waals surface area contributed by atoms with Crippen molar-refractivity contribution < 1.29 is 8.42 Å². The van der Waals surface area contributed by atoms with Gasteiger partial charge in [0.15, 0.2) is 9.84 Å². The standard InChI is InChI=1S/C17H21NO2S/c1-2-16(17(18)15-11-7-4-8-12-15)21(19,20)13-14-9-5-3-6-10-14/h3-12,16-17H,2,13,18H2,1H3. The minimum atomic E-state index is -3.30. The maximum Gasteiger partial charge on any atom is 0.159 e. The Morgan fingerprint density at radius 2 is 1.48 bits per heavy atom. The first-order chi connectivity index (χ1) is 10.0. The topological polar surface area (TPSA) is 60.2 Å². The minimum Gasteiger partial charge on any atom is -0.323 e. The molecule has 2 atom stereocenters. The zero-order valence-electron chi connectivity index (χ0n) is 12.1. The van der Waals surface area contributed by atoms with Crippen LogP contribution in [0, 0.1) is 0 Å². The van der Waals surface area contributed by atoms with Gasteiger partial charge in [-0.25, -0.2) is 8.42 Å². The van der Waals surface area contributed by atoms with Crippen molar-refractivity contribution in [2.45, 2.75) is 30.4 Å². The van der Waals surface area contributed by atoms with Gasteiger partial charge >= 0.3 is 0 Å². The molecule has 2 N–H and O–H groups in total. The van der Waals surface area contributed by atoms with Gasteiger partial charge in [-0.1, -0.05) is 67.6 Å². The number of hydrogen-bond acceptors (Lipinski definition) is 3. The van der Waals surface area contributed by atoms with E-state index in [1.807, 2.05) is 67.6 Å². The summed E-state index contributed by atoms with van der Waals surface area (Å²) in [6, 6.07) is 18.2. The number of benzene rings is 2. The third kappa shape index (κ3) is 3.93. The summed E-state index contributed by atoms with van der Waals surface area (Å²) in [5.41, 5.74) is 7.87. The molecule has 2 unspecified atom stereocenters. The molecule has 0 heterocycles. The van der Waals surface area contributed by atoms with E-state index in [1.165, 1.54) is 0 Å².